The van der Waals surface area contributed by atoms with Gasteiger partial charge in [-0.2, -0.15) is 0 Å². The highest BCUT2D eigenvalue weighted by Gasteiger charge is 2.19. The summed E-state index contributed by atoms with van der Waals surface area (Å²) in [6.07, 6.45) is 6.40. The lowest BCUT2D eigenvalue weighted by Crippen LogP contribution is -2.15. The number of pyridine rings is 1. The van der Waals surface area contributed by atoms with E-state index in [1.54, 1.807) is 23.5 Å². The Kier molecular flexibility index (Phi) is 6.14. The van der Waals surface area contributed by atoms with Crippen molar-refractivity contribution in [3.8, 4) is 0 Å². The summed E-state index contributed by atoms with van der Waals surface area (Å²) in [5.41, 5.74) is 4.27. The molecule has 1 N–H and O–H groups in total. The molecule has 1 heterocycles. The average molecular weight is 429 g/mol. The summed E-state index contributed by atoms with van der Waals surface area (Å²) in [7, 11) is 0. The largest absolute Gasteiger partial charge is 0.325 e. The van der Waals surface area contributed by atoms with E-state index < -0.39 is 0 Å². The maximum atomic E-state index is 12.6. The van der Waals surface area contributed by atoms with E-state index in [4.69, 9.17) is 16.6 Å². The maximum absolute atomic E-state index is 12.6. The van der Waals surface area contributed by atoms with Crippen molar-refractivity contribution in [1.29, 1.82) is 0 Å². The van der Waals surface area contributed by atoms with E-state index in [2.05, 4.69) is 5.32 Å². The van der Waals surface area contributed by atoms with E-state index in [1.807, 2.05) is 48.7 Å². The lowest BCUT2D eigenvalue weighted by atomic mass is 9.94. The Morgan fingerprint density at radius 3 is 2.89 bits per heavy atom. The van der Waals surface area contributed by atoms with Gasteiger partial charge >= 0.3 is 0 Å². The summed E-state index contributed by atoms with van der Waals surface area (Å²) >= 11 is 9.51. The third-order valence-electron chi connectivity index (χ3n) is 4.87. The van der Waals surface area contributed by atoms with Crippen LogP contribution in [-0.4, -0.2) is 22.9 Å². The first-order valence-electron chi connectivity index (χ1n) is 9.32. The molecule has 2 aromatic carbocycles. The van der Waals surface area contributed by atoms with E-state index in [0.717, 1.165) is 39.2 Å². The number of fused-ring (bicyclic) bond motifs is 2. The van der Waals surface area contributed by atoms with Gasteiger partial charge in [-0.25, -0.2) is 0 Å². The minimum absolute atomic E-state index is 0.000183. The maximum Gasteiger partial charge on any atom is 0.234 e. The van der Waals surface area contributed by atoms with Gasteiger partial charge < -0.3 is 5.32 Å². The number of thioether (sulfide) groups is 2. The molecule has 0 fully saturated rings. The number of rotatable bonds is 5. The van der Waals surface area contributed by atoms with Crippen LogP contribution in [0.5, 0.6) is 0 Å². The Bertz CT molecular complexity index is 1040. The first-order chi connectivity index (χ1) is 13.6. The Morgan fingerprint density at radius 2 is 2.04 bits per heavy atom. The molecular formula is C22H21ClN2OS2. The molecule has 0 atom stereocenters. The lowest BCUT2D eigenvalue weighted by molar-refractivity contribution is -0.113. The summed E-state index contributed by atoms with van der Waals surface area (Å²) in [5.74, 6) is 0.362. The van der Waals surface area contributed by atoms with Crippen LogP contribution in [0.25, 0.3) is 10.9 Å². The Morgan fingerprint density at radius 1 is 1.18 bits per heavy atom. The normalized spacial score (nSPS) is 13.4. The minimum Gasteiger partial charge on any atom is -0.325 e. The van der Waals surface area contributed by atoms with Crippen LogP contribution >= 0.6 is 35.1 Å². The molecule has 0 radical (unpaired) electrons. The van der Waals surface area contributed by atoms with Crippen molar-refractivity contribution in [3.05, 3.63) is 58.7 Å². The number of carbonyl (C=O) groups excluding carboxylic acids is 1. The molecule has 4 rings (SSSR count). The van der Waals surface area contributed by atoms with Gasteiger partial charge in [0.05, 0.1) is 11.3 Å². The number of carbonyl (C=O) groups is 1. The fraction of sp³-hybridized carbons (Fsp3) is 0.273. The highest BCUT2D eigenvalue weighted by molar-refractivity contribution is 8.00. The summed E-state index contributed by atoms with van der Waals surface area (Å²) < 4.78 is 0. The Hall–Kier alpha value is -1.69. The van der Waals surface area contributed by atoms with Gasteiger partial charge in [0.1, 0.15) is 0 Å². The molecule has 1 aliphatic carbocycles. The highest BCUT2D eigenvalue weighted by atomic mass is 35.5. The lowest BCUT2D eigenvalue weighted by Gasteiger charge is -2.20. The molecule has 6 heteroatoms. The number of benzene rings is 2. The van der Waals surface area contributed by atoms with E-state index in [-0.39, 0.29) is 5.91 Å². The topological polar surface area (TPSA) is 42.0 Å². The SMILES string of the molecule is CSc1cccc(NC(=O)CSc2c3c(nc4ccc(Cl)cc24)CCCC3)c1. The smallest absolute Gasteiger partial charge is 0.234 e. The molecule has 0 unspecified atom stereocenters. The summed E-state index contributed by atoms with van der Waals surface area (Å²) in [5, 5.41) is 4.76. The van der Waals surface area contributed by atoms with Crippen LogP contribution in [0, 0.1) is 0 Å². The fourth-order valence-electron chi connectivity index (χ4n) is 3.55. The van der Waals surface area contributed by atoms with E-state index in [9.17, 15) is 4.79 Å². The summed E-state index contributed by atoms with van der Waals surface area (Å²) in [4.78, 5) is 19.7. The van der Waals surface area contributed by atoms with E-state index >= 15 is 0 Å². The monoisotopic (exact) mass is 428 g/mol. The van der Waals surface area contributed by atoms with Crippen molar-refractivity contribution in [1.82, 2.24) is 4.98 Å². The third-order valence-corrected chi connectivity index (χ3v) is 6.99. The molecule has 0 spiro atoms. The second kappa shape index (κ2) is 8.76. The predicted octanol–water partition coefficient (Wildman–Crippen LogP) is 6.22. The van der Waals surface area contributed by atoms with Crippen molar-refractivity contribution >= 4 is 57.6 Å². The zero-order valence-corrected chi connectivity index (χ0v) is 18.0. The molecule has 3 nitrogen and oxygen atoms in total. The fourth-order valence-corrected chi connectivity index (χ4v) is 5.25. The molecule has 0 saturated carbocycles. The van der Waals surface area contributed by atoms with Crippen molar-refractivity contribution < 1.29 is 4.79 Å². The molecule has 28 heavy (non-hydrogen) atoms. The van der Waals surface area contributed by atoms with Gasteiger partial charge in [-0.15, -0.1) is 23.5 Å². The van der Waals surface area contributed by atoms with Crippen molar-refractivity contribution in [2.45, 2.75) is 35.5 Å². The first kappa shape index (κ1) is 19.6. The number of aromatic nitrogens is 1. The van der Waals surface area contributed by atoms with Gasteiger partial charge in [-0.05, 0) is 73.9 Å². The van der Waals surface area contributed by atoms with Gasteiger partial charge in [0.2, 0.25) is 5.91 Å². The second-order valence-corrected chi connectivity index (χ2v) is 9.11. The van der Waals surface area contributed by atoms with Crippen molar-refractivity contribution in [2.75, 3.05) is 17.3 Å². The van der Waals surface area contributed by atoms with Gasteiger partial charge in [-0.3, -0.25) is 9.78 Å². The summed E-state index contributed by atoms with van der Waals surface area (Å²) in [6, 6.07) is 13.7. The molecule has 1 aromatic heterocycles. The Balaban J connectivity index is 1.58. The molecule has 1 amide bonds. The molecule has 0 aliphatic heterocycles. The van der Waals surface area contributed by atoms with Crippen molar-refractivity contribution in [2.24, 2.45) is 0 Å². The van der Waals surface area contributed by atoms with Gasteiger partial charge in [-0.1, -0.05) is 17.7 Å². The van der Waals surface area contributed by atoms with Crippen LogP contribution in [0.15, 0.2) is 52.3 Å². The zero-order chi connectivity index (χ0) is 19.5. The number of hydrogen-bond donors (Lipinski definition) is 1. The van der Waals surface area contributed by atoms with Gasteiger partial charge in [0.25, 0.3) is 0 Å². The predicted molar refractivity (Wildman–Crippen MR) is 121 cm³/mol. The first-order valence-corrected chi connectivity index (χ1v) is 11.9. The van der Waals surface area contributed by atoms with E-state index in [1.165, 1.54) is 24.1 Å². The molecular weight excluding hydrogens is 408 g/mol. The highest BCUT2D eigenvalue weighted by Crippen LogP contribution is 2.37. The molecule has 0 bridgehead atoms. The number of anilines is 1. The number of nitrogens with one attached hydrogen (secondary N) is 1. The number of hydrogen-bond acceptors (Lipinski definition) is 4. The van der Waals surface area contributed by atoms with Crippen LogP contribution < -0.4 is 5.32 Å². The van der Waals surface area contributed by atoms with Crippen LogP contribution in [-0.2, 0) is 17.6 Å². The number of halogens is 1. The van der Waals surface area contributed by atoms with Crippen LogP contribution in [0.4, 0.5) is 5.69 Å². The van der Waals surface area contributed by atoms with E-state index in [0.29, 0.717) is 10.8 Å². The van der Waals surface area contributed by atoms with Crippen LogP contribution in [0.2, 0.25) is 5.02 Å². The minimum atomic E-state index is -0.000183. The standard InChI is InChI=1S/C22H21ClN2OS2/c1-27-16-6-4-5-15(12-16)24-21(26)13-28-22-17-7-2-3-8-19(17)25-20-10-9-14(23)11-18(20)22/h4-6,9-12H,2-3,7-8,13H2,1H3,(H,24,26). The molecule has 3 aromatic rings. The number of amides is 1. The average Bonchev–Trinajstić information content (AvgIpc) is 2.71. The molecule has 1 aliphatic rings. The summed E-state index contributed by atoms with van der Waals surface area (Å²) in [6.45, 7) is 0. The van der Waals surface area contributed by atoms with Gasteiger partial charge in [0.15, 0.2) is 0 Å². The third kappa shape index (κ3) is 4.32. The second-order valence-electron chi connectivity index (χ2n) is 6.80. The van der Waals surface area contributed by atoms with Crippen LogP contribution in [0.3, 0.4) is 0 Å². The molecule has 144 valence electrons. The van der Waals surface area contributed by atoms with Crippen LogP contribution in [0.1, 0.15) is 24.1 Å². The zero-order valence-electron chi connectivity index (χ0n) is 15.6. The van der Waals surface area contributed by atoms with Gasteiger partial charge in [0, 0.05) is 31.6 Å². The number of aryl methyl sites for hydroxylation is 1. The number of nitrogens with zero attached hydrogens (tertiary/aromatic N) is 1. The van der Waals surface area contributed by atoms with Crippen molar-refractivity contribution in [3.63, 3.8) is 0 Å². The quantitative estimate of drug-likeness (QED) is 0.490. The molecule has 0 saturated heterocycles. The Labute approximate surface area is 178 Å².